The van der Waals surface area contributed by atoms with Crippen molar-refractivity contribution >= 4 is 29.2 Å². The van der Waals surface area contributed by atoms with Crippen LogP contribution in [0.15, 0.2) is 24.3 Å². The van der Waals surface area contributed by atoms with E-state index in [1.165, 1.54) is 0 Å². The van der Waals surface area contributed by atoms with E-state index in [9.17, 15) is 28.2 Å². The van der Waals surface area contributed by atoms with Crippen molar-refractivity contribution in [1.29, 1.82) is 0 Å². The second-order valence-corrected chi connectivity index (χ2v) is 7.59. The monoisotopic (exact) mass is 472 g/mol. The number of carbonyl (C=O) groups excluding carboxylic acids is 1. The molecule has 2 heterocycles. The van der Waals surface area contributed by atoms with E-state index in [0.29, 0.717) is 0 Å². The number of ether oxygens (including phenoxy) is 2. The summed E-state index contributed by atoms with van der Waals surface area (Å²) in [5.41, 5.74) is -4.99. The Morgan fingerprint density at radius 3 is 1.77 bits per heavy atom. The first-order chi connectivity index (χ1) is 14.6. The number of phenolic OH excluding ortho intramolecular Hbond substituents is 2. The number of halogens is 6. The number of aromatic hydroxyl groups is 2. The minimum absolute atomic E-state index is 0.221. The topological polar surface area (TPSA) is 76.0 Å². The third-order valence-corrected chi connectivity index (χ3v) is 5.75. The molecule has 0 aromatic heterocycles. The first-order valence-electron chi connectivity index (χ1n) is 8.41. The van der Waals surface area contributed by atoms with E-state index in [1.807, 2.05) is 0 Å². The van der Waals surface area contributed by atoms with Gasteiger partial charge in [-0.2, -0.15) is 0 Å². The van der Waals surface area contributed by atoms with Crippen LogP contribution in [0.1, 0.15) is 27.0 Å². The Bertz CT molecular complexity index is 1300. The quantitative estimate of drug-likeness (QED) is 0.195. The minimum atomic E-state index is -2.41. The van der Waals surface area contributed by atoms with Crippen LogP contribution in [-0.2, 0) is 10.3 Å². The first-order valence-corrected chi connectivity index (χ1v) is 9.17. The van der Waals surface area contributed by atoms with Crippen LogP contribution in [0, 0.1) is 23.3 Å². The van der Waals surface area contributed by atoms with Gasteiger partial charge in [-0.05, 0) is 12.1 Å². The highest BCUT2D eigenvalue weighted by atomic mass is 35.5. The highest BCUT2D eigenvalue weighted by Crippen LogP contribution is 2.59. The lowest BCUT2D eigenvalue weighted by atomic mass is 9.77. The number of carbonyl (C=O) groups is 1. The molecule has 0 bridgehead atoms. The Balaban J connectivity index is 2.00. The average Bonchev–Trinajstić information content (AvgIpc) is 3.02. The summed E-state index contributed by atoms with van der Waals surface area (Å²) in [5.74, 6) is -11.1. The van der Waals surface area contributed by atoms with Gasteiger partial charge in [-0.3, -0.25) is 0 Å². The van der Waals surface area contributed by atoms with Gasteiger partial charge in [-0.25, -0.2) is 22.4 Å². The number of phenols is 2. The van der Waals surface area contributed by atoms with Crippen molar-refractivity contribution in [2.45, 2.75) is 5.60 Å². The first kappa shape index (κ1) is 19.8. The molecule has 0 saturated heterocycles. The molecule has 1 spiro atoms. The largest absolute Gasteiger partial charge is 0.506 e. The summed E-state index contributed by atoms with van der Waals surface area (Å²) in [4.78, 5) is 12.6. The van der Waals surface area contributed by atoms with Gasteiger partial charge >= 0.3 is 5.97 Å². The van der Waals surface area contributed by atoms with Crippen LogP contribution in [0.5, 0.6) is 23.0 Å². The van der Waals surface area contributed by atoms with E-state index in [1.54, 1.807) is 0 Å². The van der Waals surface area contributed by atoms with E-state index < -0.39 is 57.5 Å². The second kappa shape index (κ2) is 6.18. The van der Waals surface area contributed by atoms with E-state index in [4.69, 9.17) is 32.7 Å². The average molecular weight is 473 g/mol. The molecule has 0 unspecified atom stereocenters. The molecule has 0 radical (unpaired) electrons. The summed E-state index contributed by atoms with van der Waals surface area (Å²) < 4.78 is 68.7. The highest BCUT2D eigenvalue weighted by molar-refractivity contribution is 6.32. The van der Waals surface area contributed by atoms with Crippen LogP contribution in [0.3, 0.4) is 0 Å². The summed E-state index contributed by atoms with van der Waals surface area (Å²) in [6.07, 6.45) is 0. The molecular weight excluding hydrogens is 467 g/mol. The van der Waals surface area contributed by atoms with Crippen LogP contribution >= 0.6 is 23.2 Å². The molecule has 0 fully saturated rings. The molecule has 5 rings (SSSR count). The smallest absolute Gasteiger partial charge is 0.343 e. The van der Waals surface area contributed by atoms with E-state index in [2.05, 4.69) is 0 Å². The number of hydrogen-bond donors (Lipinski definition) is 2. The number of benzene rings is 3. The minimum Gasteiger partial charge on any atom is -0.506 e. The molecule has 3 aromatic carbocycles. The van der Waals surface area contributed by atoms with Crippen molar-refractivity contribution in [3.63, 3.8) is 0 Å². The van der Waals surface area contributed by atoms with E-state index in [-0.39, 0.29) is 32.7 Å². The molecule has 0 atom stereocenters. The number of hydrogen-bond acceptors (Lipinski definition) is 5. The van der Waals surface area contributed by atoms with Crippen molar-refractivity contribution in [2.75, 3.05) is 0 Å². The standard InChI is InChI=1S/C20H6Cl2F4O5/c21-7-1-5-11(3-9(7)27)30-12-4-10(28)8(22)2-6(12)20(5)14-13(19(29)31-20)15(23)17(25)18(26)16(14)24/h1-4,27-28H. The van der Waals surface area contributed by atoms with E-state index in [0.717, 1.165) is 24.3 Å². The lowest BCUT2D eigenvalue weighted by Gasteiger charge is -2.36. The highest BCUT2D eigenvalue weighted by Gasteiger charge is 2.58. The molecule has 2 aliphatic rings. The maximum Gasteiger partial charge on any atom is 0.343 e. The number of rotatable bonds is 0. The molecule has 158 valence electrons. The lowest BCUT2D eigenvalue weighted by molar-refractivity contribution is 0.0215. The molecule has 3 aromatic rings. The Morgan fingerprint density at radius 2 is 1.26 bits per heavy atom. The summed E-state index contributed by atoms with van der Waals surface area (Å²) in [6, 6.07) is 4.07. The molecular formula is C20H6Cl2F4O5. The number of fused-ring (bicyclic) bond motifs is 6. The molecule has 31 heavy (non-hydrogen) atoms. The second-order valence-electron chi connectivity index (χ2n) is 6.78. The van der Waals surface area contributed by atoms with Crippen LogP contribution in [-0.4, -0.2) is 16.2 Å². The molecule has 5 nitrogen and oxygen atoms in total. The maximum absolute atomic E-state index is 15.1. The van der Waals surface area contributed by atoms with Crippen molar-refractivity contribution in [2.24, 2.45) is 0 Å². The van der Waals surface area contributed by atoms with Crippen molar-refractivity contribution in [3.8, 4) is 23.0 Å². The summed E-state index contributed by atoms with van der Waals surface area (Å²) in [6.45, 7) is 0. The maximum atomic E-state index is 15.1. The molecule has 2 aliphatic heterocycles. The summed E-state index contributed by atoms with van der Waals surface area (Å²) >= 11 is 11.9. The predicted octanol–water partition coefficient (Wildman–Crippen LogP) is 5.53. The van der Waals surface area contributed by atoms with Crippen LogP contribution in [0.2, 0.25) is 10.0 Å². The van der Waals surface area contributed by atoms with Gasteiger partial charge in [-0.1, -0.05) is 23.2 Å². The predicted molar refractivity (Wildman–Crippen MR) is 97.9 cm³/mol. The molecule has 2 N–H and O–H groups in total. The van der Waals surface area contributed by atoms with Gasteiger partial charge < -0.3 is 19.7 Å². The Morgan fingerprint density at radius 1 is 0.774 bits per heavy atom. The molecule has 11 heteroatoms. The zero-order chi connectivity index (χ0) is 22.4. The van der Waals surface area contributed by atoms with Gasteiger partial charge in [0, 0.05) is 23.3 Å². The third kappa shape index (κ3) is 2.35. The zero-order valence-corrected chi connectivity index (χ0v) is 16.2. The van der Waals surface area contributed by atoms with Crippen LogP contribution < -0.4 is 4.74 Å². The van der Waals surface area contributed by atoms with Crippen LogP contribution in [0.25, 0.3) is 0 Å². The Kier molecular flexibility index (Phi) is 3.94. The van der Waals surface area contributed by atoms with E-state index >= 15 is 4.39 Å². The van der Waals surface area contributed by atoms with Crippen molar-refractivity contribution in [3.05, 3.63) is 79.8 Å². The fourth-order valence-corrected chi connectivity index (χ4v) is 4.17. The Labute approximate surface area is 180 Å². The summed E-state index contributed by atoms with van der Waals surface area (Å²) in [7, 11) is 0. The summed E-state index contributed by atoms with van der Waals surface area (Å²) in [5, 5.41) is 19.3. The Hall–Kier alpha value is -3.17. The molecule has 0 amide bonds. The normalized spacial score (nSPS) is 15.2. The fraction of sp³-hybridized carbons (Fsp3) is 0.0500. The lowest BCUT2D eigenvalue weighted by Crippen LogP contribution is -2.34. The van der Waals surface area contributed by atoms with Crippen LogP contribution in [0.4, 0.5) is 17.6 Å². The van der Waals surface area contributed by atoms with Crippen molar-refractivity contribution < 1.29 is 42.0 Å². The molecule has 0 saturated carbocycles. The number of esters is 1. The SMILES string of the molecule is O=C1OC2(c3cc(Cl)c(O)cc3Oc3cc(O)c(Cl)cc32)c2c(F)c(F)c(F)c(F)c21. The van der Waals surface area contributed by atoms with Gasteiger partial charge in [0.15, 0.2) is 28.9 Å². The molecule has 0 aliphatic carbocycles. The van der Waals surface area contributed by atoms with Gasteiger partial charge in [0.05, 0.1) is 15.6 Å². The fourth-order valence-electron chi connectivity index (χ4n) is 3.84. The van der Waals surface area contributed by atoms with Gasteiger partial charge in [-0.15, -0.1) is 0 Å². The van der Waals surface area contributed by atoms with Gasteiger partial charge in [0.2, 0.25) is 0 Å². The zero-order valence-electron chi connectivity index (χ0n) is 14.7. The van der Waals surface area contributed by atoms with Gasteiger partial charge in [0.1, 0.15) is 28.6 Å². The van der Waals surface area contributed by atoms with Crippen molar-refractivity contribution in [1.82, 2.24) is 0 Å². The van der Waals surface area contributed by atoms with Gasteiger partial charge in [0.25, 0.3) is 0 Å². The third-order valence-electron chi connectivity index (χ3n) is 5.15.